The maximum atomic E-state index is 12.2. The van der Waals surface area contributed by atoms with Crippen molar-refractivity contribution < 1.29 is 4.79 Å². The molecule has 1 aromatic rings. The van der Waals surface area contributed by atoms with Crippen molar-refractivity contribution in [1.82, 2.24) is 15.2 Å². The average Bonchev–Trinajstić information content (AvgIpc) is 2.87. The fraction of sp³-hybridized carbons (Fsp3) is 0.545. The zero-order valence-corrected chi connectivity index (χ0v) is 10.0. The molecule has 1 atom stereocenters. The highest BCUT2D eigenvalue weighted by Gasteiger charge is 2.29. The van der Waals surface area contributed by atoms with Gasteiger partial charge in [0.25, 0.3) is 5.91 Å². The minimum Gasteiger partial charge on any atom is -0.356 e. The summed E-state index contributed by atoms with van der Waals surface area (Å²) in [5.74, 6) is 0.0460. The highest BCUT2D eigenvalue weighted by molar-refractivity contribution is 6.30. The van der Waals surface area contributed by atoms with E-state index in [0.29, 0.717) is 16.8 Å². The largest absolute Gasteiger partial charge is 0.356 e. The highest BCUT2D eigenvalue weighted by Crippen LogP contribution is 2.20. The molecule has 2 heterocycles. The van der Waals surface area contributed by atoms with Gasteiger partial charge in [-0.1, -0.05) is 11.6 Å². The van der Waals surface area contributed by atoms with Gasteiger partial charge in [0, 0.05) is 25.3 Å². The first-order valence-corrected chi connectivity index (χ1v) is 5.89. The molecular formula is C11H16ClN3O. The Morgan fingerprint density at radius 3 is 3.19 bits per heavy atom. The normalized spacial score (nSPS) is 20.4. The Balaban J connectivity index is 2.09. The molecule has 1 fully saturated rings. The van der Waals surface area contributed by atoms with Crippen molar-refractivity contribution in [3.05, 3.63) is 23.0 Å². The van der Waals surface area contributed by atoms with Gasteiger partial charge in [-0.05, 0) is 26.0 Å². The van der Waals surface area contributed by atoms with Crippen LogP contribution in [0.15, 0.2) is 12.3 Å². The molecule has 2 N–H and O–H groups in total. The van der Waals surface area contributed by atoms with Crippen molar-refractivity contribution in [3.8, 4) is 0 Å². The van der Waals surface area contributed by atoms with Gasteiger partial charge in [0.2, 0.25) is 0 Å². The number of rotatable bonds is 3. The van der Waals surface area contributed by atoms with Gasteiger partial charge in [-0.3, -0.25) is 4.79 Å². The number of hydrogen-bond donors (Lipinski definition) is 2. The number of likely N-dealkylation sites (N-methyl/N-ethyl adjacent to an activating group) is 1. The fourth-order valence-electron chi connectivity index (χ4n) is 2.20. The predicted octanol–water partition coefficient (Wildman–Crippen LogP) is 1.49. The van der Waals surface area contributed by atoms with E-state index in [1.807, 2.05) is 11.9 Å². The summed E-state index contributed by atoms with van der Waals surface area (Å²) in [5.41, 5.74) is 0.577. The van der Waals surface area contributed by atoms with E-state index < -0.39 is 0 Å². The second-order valence-corrected chi connectivity index (χ2v) is 4.52. The van der Waals surface area contributed by atoms with Crippen LogP contribution in [0, 0.1) is 0 Å². The van der Waals surface area contributed by atoms with E-state index in [-0.39, 0.29) is 5.91 Å². The van der Waals surface area contributed by atoms with E-state index in [2.05, 4.69) is 10.3 Å². The van der Waals surface area contributed by atoms with Crippen LogP contribution in [-0.2, 0) is 0 Å². The van der Waals surface area contributed by atoms with Crippen LogP contribution in [0.25, 0.3) is 0 Å². The summed E-state index contributed by atoms with van der Waals surface area (Å²) in [4.78, 5) is 17.0. The molecular weight excluding hydrogens is 226 g/mol. The lowest BCUT2D eigenvalue weighted by molar-refractivity contribution is 0.0732. The van der Waals surface area contributed by atoms with E-state index in [1.165, 1.54) is 0 Å². The molecule has 0 saturated carbocycles. The van der Waals surface area contributed by atoms with E-state index in [0.717, 1.165) is 25.9 Å². The maximum Gasteiger partial charge on any atom is 0.270 e. The van der Waals surface area contributed by atoms with Gasteiger partial charge in [0.05, 0.1) is 5.02 Å². The highest BCUT2D eigenvalue weighted by atomic mass is 35.5. The van der Waals surface area contributed by atoms with Crippen LogP contribution >= 0.6 is 11.6 Å². The van der Waals surface area contributed by atoms with Gasteiger partial charge >= 0.3 is 0 Å². The number of aromatic nitrogens is 1. The summed E-state index contributed by atoms with van der Waals surface area (Å²) >= 11 is 5.79. The van der Waals surface area contributed by atoms with Gasteiger partial charge in [0.15, 0.2) is 0 Å². The molecule has 1 unspecified atom stereocenters. The topological polar surface area (TPSA) is 48.1 Å². The maximum absolute atomic E-state index is 12.2. The Morgan fingerprint density at radius 2 is 2.56 bits per heavy atom. The van der Waals surface area contributed by atoms with Crippen molar-refractivity contribution in [2.45, 2.75) is 18.9 Å². The molecule has 4 nitrogen and oxygen atoms in total. The third kappa shape index (κ3) is 2.23. The Morgan fingerprint density at radius 1 is 1.75 bits per heavy atom. The Hall–Kier alpha value is -1.00. The van der Waals surface area contributed by atoms with E-state index >= 15 is 0 Å². The molecule has 0 bridgehead atoms. The molecule has 2 rings (SSSR count). The second kappa shape index (κ2) is 4.89. The molecule has 0 spiro atoms. The molecule has 88 valence electrons. The van der Waals surface area contributed by atoms with Crippen molar-refractivity contribution in [2.75, 3.05) is 20.1 Å². The smallest absolute Gasteiger partial charge is 0.270 e. The first-order chi connectivity index (χ1) is 7.72. The summed E-state index contributed by atoms with van der Waals surface area (Å²) in [6.45, 7) is 1.68. The van der Waals surface area contributed by atoms with Crippen LogP contribution in [0.2, 0.25) is 5.02 Å². The van der Waals surface area contributed by atoms with Crippen molar-refractivity contribution in [3.63, 3.8) is 0 Å². The molecule has 1 aliphatic heterocycles. The summed E-state index contributed by atoms with van der Waals surface area (Å²) in [6, 6.07) is 1.98. The molecule has 5 heteroatoms. The number of likely N-dealkylation sites (tertiary alicyclic amines) is 1. The molecule has 16 heavy (non-hydrogen) atoms. The number of H-pyrrole nitrogens is 1. The molecule has 0 aromatic carbocycles. The lowest BCUT2D eigenvalue weighted by atomic mass is 10.2. The Kier molecular flexibility index (Phi) is 3.51. The van der Waals surface area contributed by atoms with Crippen molar-refractivity contribution >= 4 is 17.5 Å². The monoisotopic (exact) mass is 241 g/mol. The second-order valence-electron chi connectivity index (χ2n) is 4.08. The number of halogens is 1. The van der Waals surface area contributed by atoms with Crippen molar-refractivity contribution in [1.29, 1.82) is 0 Å². The summed E-state index contributed by atoms with van der Waals surface area (Å²) in [5, 5.41) is 3.70. The lowest BCUT2D eigenvalue weighted by Crippen LogP contribution is -2.40. The lowest BCUT2D eigenvalue weighted by Gasteiger charge is -2.23. The van der Waals surface area contributed by atoms with E-state index in [9.17, 15) is 4.79 Å². The van der Waals surface area contributed by atoms with Crippen LogP contribution in [0.4, 0.5) is 0 Å². The fourth-order valence-corrected chi connectivity index (χ4v) is 2.36. The number of carbonyl (C=O) groups is 1. The molecule has 1 saturated heterocycles. The molecule has 1 aliphatic rings. The Bertz CT molecular complexity index is 377. The Labute approximate surface area is 100.0 Å². The average molecular weight is 242 g/mol. The van der Waals surface area contributed by atoms with Gasteiger partial charge in [-0.25, -0.2) is 0 Å². The number of nitrogens with zero attached hydrogens (tertiary/aromatic N) is 1. The number of aromatic amines is 1. The molecule has 0 radical (unpaired) electrons. The quantitative estimate of drug-likeness (QED) is 0.843. The predicted molar refractivity (Wildman–Crippen MR) is 63.8 cm³/mol. The summed E-state index contributed by atoms with van der Waals surface area (Å²) < 4.78 is 0. The number of hydrogen-bond acceptors (Lipinski definition) is 2. The zero-order chi connectivity index (χ0) is 11.5. The number of amides is 1. The first-order valence-electron chi connectivity index (χ1n) is 5.52. The van der Waals surface area contributed by atoms with Gasteiger partial charge in [-0.2, -0.15) is 0 Å². The van der Waals surface area contributed by atoms with Gasteiger partial charge in [-0.15, -0.1) is 0 Å². The molecule has 1 aromatic heterocycles. The van der Waals surface area contributed by atoms with E-state index in [1.54, 1.807) is 12.3 Å². The first kappa shape index (κ1) is 11.5. The summed E-state index contributed by atoms with van der Waals surface area (Å²) in [7, 11) is 1.91. The van der Waals surface area contributed by atoms with Gasteiger partial charge < -0.3 is 15.2 Å². The van der Waals surface area contributed by atoms with Crippen LogP contribution in [0.3, 0.4) is 0 Å². The minimum absolute atomic E-state index is 0.0460. The standard InChI is InChI=1S/C11H16ClN3O/c1-13-7-9-3-2-4-15(9)11(16)10-5-8(12)6-14-10/h5-6,9,13-14H,2-4,7H2,1H3. The third-order valence-corrected chi connectivity index (χ3v) is 3.17. The summed E-state index contributed by atoms with van der Waals surface area (Å²) in [6.07, 6.45) is 3.78. The van der Waals surface area contributed by atoms with Crippen LogP contribution in [0.5, 0.6) is 0 Å². The van der Waals surface area contributed by atoms with Crippen molar-refractivity contribution in [2.24, 2.45) is 0 Å². The SMILES string of the molecule is CNCC1CCCN1C(=O)c1cc(Cl)c[nH]1. The molecule has 0 aliphatic carbocycles. The van der Waals surface area contributed by atoms with Crippen LogP contribution in [-0.4, -0.2) is 42.0 Å². The van der Waals surface area contributed by atoms with Crippen LogP contribution < -0.4 is 5.32 Å². The van der Waals surface area contributed by atoms with Crippen LogP contribution in [0.1, 0.15) is 23.3 Å². The van der Waals surface area contributed by atoms with Gasteiger partial charge in [0.1, 0.15) is 5.69 Å². The third-order valence-electron chi connectivity index (χ3n) is 2.96. The molecule has 1 amide bonds. The van der Waals surface area contributed by atoms with E-state index in [4.69, 9.17) is 11.6 Å². The number of carbonyl (C=O) groups excluding carboxylic acids is 1. The number of nitrogens with one attached hydrogen (secondary N) is 2. The zero-order valence-electron chi connectivity index (χ0n) is 9.29. The minimum atomic E-state index is 0.0460.